The van der Waals surface area contributed by atoms with Crippen LogP contribution in [-0.4, -0.2) is 41.4 Å². The molecule has 9 nitrogen and oxygen atoms in total. The first-order valence-corrected chi connectivity index (χ1v) is 14.1. The zero-order chi connectivity index (χ0) is 27.6. The third-order valence-electron chi connectivity index (χ3n) is 5.33. The van der Waals surface area contributed by atoms with Crippen LogP contribution >= 0.6 is 50.7 Å². The molecule has 0 spiro atoms. The second-order valence-corrected chi connectivity index (χ2v) is 11.6. The Morgan fingerprint density at radius 2 is 1.68 bits per heavy atom. The first-order chi connectivity index (χ1) is 18.0. The summed E-state index contributed by atoms with van der Waals surface area (Å²) >= 11 is 21.5. The first-order valence-electron chi connectivity index (χ1n) is 10.7. The van der Waals surface area contributed by atoms with E-state index in [-0.39, 0.29) is 38.1 Å². The molecule has 38 heavy (non-hydrogen) atoms. The SMILES string of the molecule is O=C(NC(Cc1ccc(Cl)c(Br)c1)C(=O)O)c1cc(Cl)c(Cl)cc1NS(=O)(=O)c1cccc2nccnc12. The van der Waals surface area contributed by atoms with Gasteiger partial charge in [0.25, 0.3) is 15.9 Å². The molecule has 3 N–H and O–H groups in total. The monoisotopic (exact) mass is 656 g/mol. The van der Waals surface area contributed by atoms with E-state index >= 15 is 0 Å². The van der Waals surface area contributed by atoms with Gasteiger partial charge in [-0.2, -0.15) is 0 Å². The zero-order valence-corrected chi connectivity index (χ0v) is 23.6. The molecule has 0 aliphatic carbocycles. The van der Waals surface area contributed by atoms with Crippen molar-refractivity contribution in [2.75, 3.05) is 4.72 Å². The highest BCUT2D eigenvalue weighted by molar-refractivity contribution is 9.10. The van der Waals surface area contributed by atoms with E-state index in [1.165, 1.54) is 30.6 Å². The molecule has 4 aromatic rings. The Balaban J connectivity index is 1.67. The lowest BCUT2D eigenvalue weighted by Crippen LogP contribution is -2.42. The van der Waals surface area contributed by atoms with E-state index in [4.69, 9.17) is 34.8 Å². The van der Waals surface area contributed by atoms with Crippen molar-refractivity contribution in [1.82, 2.24) is 15.3 Å². The van der Waals surface area contributed by atoms with Gasteiger partial charge in [-0.1, -0.05) is 46.9 Å². The lowest BCUT2D eigenvalue weighted by atomic mass is 10.1. The number of amides is 1. The van der Waals surface area contributed by atoms with Crippen molar-refractivity contribution in [3.8, 4) is 0 Å². The zero-order valence-electron chi connectivity index (χ0n) is 19.0. The van der Waals surface area contributed by atoms with Crippen molar-refractivity contribution >= 4 is 89.4 Å². The number of carbonyl (C=O) groups excluding carboxylic acids is 1. The van der Waals surface area contributed by atoms with Crippen LogP contribution in [0.5, 0.6) is 0 Å². The van der Waals surface area contributed by atoms with Gasteiger partial charge in [0.2, 0.25) is 0 Å². The van der Waals surface area contributed by atoms with Crippen molar-refractivity contribution in [2.24, 2.45) is 0 Å². The second kappa shape index (κ2) is 11.4. The van der Waals surface area contributed by atoms with Gasteiger partial charge < -0.3 is 10.4 Å². The number of halogens is 4. The molecule has 0 fully saturated rings. The number of anilines is 1. The van der Waals surface area contributed by atoms with Gasteiger partial charge in [0.1, 0.15) is 16.5 Å². The maximum atomic E-state index is 13.3. The number of hydrogen-bond donors (Lipinski definition) is 3. The van der Waals surface area contributed by atoms with Crippen molar-refractivity contribution in [1.29, 1.82) is 0 Å². The van der Waals surface area contributed by atoms with Crippen molar-refractivity contribution < 1.29 is 23.1 Å². The molecule has 196 valence electrons. The fraction of sp³-hybridized carbons (Fsp3) is 0.0833. The Hall–Kier alpha value is -2.96. The summed E-state index contributed by atoms with van der Waals surface area (Å²) < 4.78 is 29.5. The number of fused-ring (bicyclic) bond motifs is 1. The maximum Gasteiger partial charge on any atom is 0.326 e. The summed E-state index contributed by atoms with van der Waals surface area (Å²) in [6, 6.07) is 10.2. The fourth-order valence-electron chi connectivity index (χ4n) is 3.54. The number of carboxylic acid groups (broad SMARTS) is 1. The normalized spacial score (nSPS) is 12.2. The molecule has 1 heterocycles. The quantitative estimate of drug-likeness (QED) is 0.225. The Morgan fingerprint density at radius 1 is 0.974 bits per heavy atom. The van der Waals surface area contributed by atoms with Gasteiger partial charge in [-0.3, -0.25) is 19.5 Å². The van der Waals surface area contributed by atoms with Gasteiger partial charge in [0.05, 0.1) is 31.8 Å². The van der Waals surface area contributed by atoms with E-state index in [0.717, 1.165) is 6.07 Å². The number of hydrogen-bond acceptors (Lipinski definition) is 6. The average Bonchev–Trinajstić information content (AvgIpc) is 2.87. The standard InChI is InChI=1S/C24H16BrCl3N4O5S/c25-14-8-12(4-5-15(14)26)9-20(24(34)35)31-23(33)13-10-16(27)17(28)11-19(13)32-38(36,37)21-3-1-2-18-22(21)30-7-6-29-18/h1-8,10-11,20,32H,9H2,(H,31,33)(H,34,35). The van der Waals surface area contributed by atoms with E-state index in [2.05, 4.69) is 35.9 Å². The third-order valence-corrected chi connectivity index (χ3v) is 8.66. The molecule has 1 atom stereocenters. The molecule has 1 amide bonds. The summed E-state index contributed by atoms with van der Waals surface area (Å²) in [5.74, 6) is -2.19. The maximum absolute atomic E-state index is 13.3. The lowest BCUT2D eigenvalue weighted by Gasteiger charge is -2.18. The van der Waals surface area contributed by atoms with Crippen LogP contribution in [0.25, 0.3) is 11.0 Å². The number of rotatable bonds is 8. The van der Waals surface area contributed by atoms with Crippen molar-refractivity contribution in [2.45, 2.75) is 17.4 Å². The molecule has 3 aromatic carbocycles. The molecule has 0 bridgehead atoms. The predicted molar refractivity (Wildman–Crippen MR) is 149 cm³/mol. The molecule has 0 aliphatic rings. The van der Waals surface area contributed by atoms with Crippen molar-refractivity contribution in [3.63, 3.8) is 0 Å². The highest BCUT2D eigenvalue weighted by atomic mass is 79.9. The van der Waals surface area contributed by atoms with Crippen LogP contribution in [0.2, 0.25) is 15.1 Å². The molecule has 4 rings (SSSR count). The van der Waals surface area contributed by atoms with Crippen LogP contribution in [0.15, 0.2) is 70.3 Å². The molecular formula is C24H16BrCl3N4O5S. The van der Waals surface area contributed by atoms with Crippen molar-refractivity contribution in [3.05, 3.63) is 91.6 Å². The van der Waals surface area contributed by atoms with Gasteiger partial charge in [-0.25, -0.2) is 13.2 Å². The minimum absolute atomic E-state index is 0.0283. The molecule has 0 radical (unpaired) electrons. The van der Waals surface area contributed by atoms with Gasteiger partial charge in [-0.15, -0.1) is 0 Å². The first kappa shape index (κ1) is 28.1. The number of carboxylic acids is 1. The summed E-state index contributed by atoms with van der Waals surface area (Å²) in [5, 5.41) is 12.5. The van der Waals surface area contributed by atoms with E-state index < -0.39 is 27.9 Å². The summed E-state index contributed by atoms with van der Waals surface area (Å²) in [6.45, 7) is 0. The summed E-state index contributed by atoms with van der Waals surface area (Å²) in [4.78, 5) is 33.2. The van der Waals surface area contributed by atoms with Gasteiger partial charge in [0, 0.05) is 23.3 Å². The van der Waals surface area contributed by atoms with Crippen LogP contribution < -0.4 is 10.0 Å². The highest BCUT2D eigenvalue weighted by Gasteiger charge is 2.26. The lowest BCUT2D eigenvalue weighted by molar-refractivity contribution is -0.139. The predicted octanol–water partition coefficient (Wildman–Crippen LogP) is 5.58. The molecule has 0 saturated heterocycles. The Morgan fingerprint density at radius 3 is 2.39 bits per heavy atom. The van der Waals surface area contributed by atoms with Crippen LogP contribution in [0.1, 0.15) is 15.9 Å². The van der Waals surface area contributed by atoms with E-state index in [1.54, 1.807) is 24.3 Å². The minimum Gasteiger partial charge on any atom is -0.480 e. The average molecular weight is 659 g/mol. The molecule has 1 unspecified atom stereocenters. The third kappa shape index (κ3) is 6.19. The fourth-order valence-corrected chi connectivity index (χ4v) is 5.65. The Labute approximate surface area is 240 Å². The van der Waals surface area contributed by atoms with Gasteiger partial charge in [0.15, 0.2) is 0 Å². The smallest absolute Gasteiger partial charge is 0.326 e. The highest BCUT2D eigenvalue weighted by Crippen LogP contribution is 2.32. The number of nitrogens with zero attached hydrogens (tertiary/aromatic N) is 2. The largest absolute Gasteiger partial charge is 0.480 e. The molecule has 0 saturated carbocycles. The molecule has 0 aliphatic heterocycles. The number of carbonyl (C=O) groups is 2. The Kier molecular flexibility index (Phi) is 8.43. The number of nitrogens with one attached hydrogen (secondary N) is 2. The van der Waals surface area contributed by atoms with E-state index in [1.807, 2.05) is 0 Å². The Bertz CT molecular complexity index is 1680. The van der Waals surface area contributed by atoms with Gasteiger partial charge in [-0.05, 0) is 57.9 Å². The number of sulfonamides is 1. The minimum atomic E-state index is -4.30. The number of benzene rings is 3. The van der Waals surface area contributed by atoms with Crippen LogP contribution in [-0.2, 0) is 21.2 Å². The van der Waals surface area contributed by atoms with Crippen LogP contribution in [0, 0.1) is 0 Å². The topological polar surface area (TPSA) is 138 Å². The van der Waals surface area contributed by atoms with Crippen LogP contribution in [0.3, 0.4) is 0 Å². The second-order valence-electron chi connectivity index (χ2n) is 7.91. The number of aliphatic carboxylic acids is 1. The number of para-hydroxylation sites is 1. The van der Waals surface area contributed by atoms with Gasteiger partial charge >= 0.3 is 5.97 Å². The summed E-state index contributed by atoms with van der Waals surface area (Å²) in [6.07, 6.45) is 2.70. The van der Waals surface area contributed by atoms with Crippen LogP contribution in [0.4, 0.5) is 5.69 Å². The summed E-state index contributed by atoms with van der Waals surface area (Å²) in [7, 11) is -4.30. The van der Waals surface area contributed by atoms with E-state index in [9.17, 15) is 23.1 Å². The molecule has 14 heteroatoms. The summed E-state index contributed by atoms with van der Waals surface area (Å²) in [5.41, 5.74) is 0.601. The molecule has 1 aromatic heterocycles. The number of aromatic nitrogens is 2. The van der Waals surface area contributed by atoms with E-state index in [0.29, 0.717) is 20.6 Å². The molecular weight excluding hydrogens is 643 g/mol.